The molecule has 0 aliphatic heterocycles. The van der Waals surface area contributed by atoms with E-state index >= 15 is 0 Å². The number of aliphatic hydroxyl groups excluding tert-OH is 1. The Morgan fingerprint density at radius 2 is 2.33 bits per heavy atom. The highest BCUT2D eigenvalue weighted by Gasteiger charge is 2.26. The van der Waals surface area contributed by atoms with Crippen LogP contribution in [0.2, 0.25) is 0 Å². The van der Waals surface area contributed by atoms with Gasteiger partial charge >= 0.3 is 0 Å². The first-order valence-electron chi connectivity index (χ1n) is 5.27. The van der Waals surface area contributed by atoms with Gasteiger partial charge in [-0.3, -0.25) is 4.98 Å². The molecule has 1 aromatic rings. The van der Waals surface area contributed by atoms with Gasteiger partial charge in [-0.15, -0.1) is 0 Å². The number of rotatable bonds is 3. The van der Waals surface area contributed by atoms with Gasteiger partial charge in [0.05, 0.1) is 11.9 Å². The van der Waals surface area contributed by atoms with Gasteiger partial charge in [-0.2, -0.15) is 0 Å². The van der Waals surface area contributed by atoms with E-state index in [1.54, 1.807) is 6.20 Å². The molecule has 1 fully saturated rings. The topological polar surface area (TPSA) is 45.1 Å². The van der Waals surface area contributed by atoms with Crippen molar-refractivity contribution in [3.8, 4) is 0 Å². The fraction of sp³-hybridized carbons (Fsp3) is 0.545. The van der Waals surface area contributed by atoms with Crippen molar-refractivity contribution < 1.29 is 5.11 Å². The number of halogens is 1. The Morgan fingerprint density at radius 3 is 3.07 bits per heavy atom. The molecule has 1 saturated carbocycles. The number of pyridine rings is 1. The number of nitrogens with one attached hydrogen (secondary N) is 1. The molecule has 0 radical (unpaired) electrons. The summed E-state index contributed by atoms with van der Waals surface area (Å²) in [5.74, 6) is 0.393. The zero-order valence-corrected chi connectivity index (χ0v) is 10.1. The monoisotopic (exact) mass is 270 g/mol. The van der Waals surface area contributed by atoms with Gasteiger partial charge in [-0.1, -0.05) is 6.42 Å². The highest BCUT2D eigenvalue weighted by molar-refractivity contribution is 9.10. The van der Waals surface area contributed by atoms with Crippen molar-refractivity contribution >= 4 is 21.6 Å². The van der Waals surface area contributed by atoms with E-state index in [4.69, 9.17) is 0 Å². The lowest BCUT2D eigenvalue weighted by Crippen LogP contribution is -2.26. The minimum absolute atomic E-state index is 0.277. The van der Waals surface area contributed by atoms with Gasteiger partial charge in [-0.05, 0) is 34.8 Å². The molecule has 0 amide bonds. The minimum Gasteiger partial charge on any atom is -0.396 e. The summed E-state index contributed by atoms with van der Waals surface area (Å²) in [6.07, 6.45) is 7.04. The average molecular weight is 271 g/mol. The van der Waals surface area contributed by atoms with Crippen LogP contribution in [0.1, 0.15) is 19.3 Å². The molecule has 2 rings (SSSR count). The van der Waals surface area contributed by atoms with Crippen LogP contribution in [0.15, 0.2) is 22.9 Å². The highest BCUT2D eigenvalue weighted by atomic mass is 79.9. The summed E-state index contributed by atoms with van der Waals surface area (Å²) >= 11 is 3.39. The second-order valence-corrected chi connectivity index (χ2v) is 4.93. The van der Waals surface area contributed by atoms with Gasteiger partial charge in [0.15, 0.2) is 0 Å². The predicted octanol–water partition coefficient (Wildman–Crippen LogP) is 2.42. The first kappa shape index (κ1) is 10.9. The molecular weight excluding hydrogens is 256 g/mol. The largest absolute Gasteiger partial charge is 0.396 e. The zero-order valence-electron chi connectivity index (χ0n) is 8.49. The highest BCUT2D eigenvalue weighted by Crippen LogP contribution is 2.28. The molecule has 3 nitrogen and oxygen atoms in total. The van der Waals surface area contributed by atoms with E-state index in [1.165, 1.54) is 6.42 Å². The quantitative estimate of drug-likeness (QED) is 0.887. The third-order valence-corrected chi connectivity index (χ3v) is 3.38. The van der Waals surface area contributed by atoms with Crippen LogP contribution in [0.25, 0.3) is 0 Å². The summed E-state index contributed by atoms with van der Waals surface area (Å²) in [4.78, 5) is 4.11. The lowest BCUT2D eigenvalue weighted by atomic mass is 10.1. The standard InChI is InChI=1S/C11H15BrN2O/c12-9-4-10(6-13-5-9)14-11-3-1-2-8(11)7-15/h4-6,8,11,14-15H,1-3,7H2. The molecule has 1 aliphatic rings. The Labute approximate surface area is 98.0 Å². The minimum atomic E-state index is 0.277. The molecule has 1 aliphatic carbocycles. The number of hydrogen-bond acceptors (Lipinski definition) is 3. The molecule has 1 aromatic heterocycles. The maximum Gasteiger partial charge on any atom is 0.0540 e. The molecule has 1 heterocycles. The van der Waals surface area contributed by atoms with E-state index < -0.39 is 0 Å². The number of hydrogen-bond donors (Lipinski definition) is 2. The summed E-state index contributed by atoms with van der Waals surface area (Å²) in [5.41, 5.74) is 1.02. The first-order valence-corrected chi connectivity index (χ1v) is 6.07. The van der Waals surface area contributed by atoms with Gasteiger partial charge in [0.25, 0.3) is 0 Å². The van der Waals surface area contributed by atoms with E-state index in [0.29, 0.717) is 12.0 Å². The fourth-order valence-electron chi connectivity index (χ4n) is 2.15. The van der Waals surface area contributed by atoms with Gasteiger partial charge < -0.3 is 10.4 Å². The third kappa shape index (κ3) is 2.69. The van der Waals surface area contributed by atoms with Gasteiger partial charge in [0.2, 0.25) is 0 Å². The molecule has 2 unspecified atom stereocenters. The molecule has 0 aromatic carbocycles. The Bertz CT molecular complexity index is 332. The SMILES string of the molecule is OCC1CCCC1Nc1cncc(Br)c1. The number of aliphatic hydroxyl groups is 1. The number of anilines is 1. The van der Waals surface area contributed by atoms with Crippen LogP contribution < -0.4 is 5.32 Å². The summed E-state index contributed by atoms with van der Waals surface area (Å²) in [7, 11) is 0. The second kappa shape index (κ2) is 4.94. The van der Waals surface area contributed by atoms with Crippen molar-refractivity contribution in [2.24, 2.45) is 5.92 Å². The van der Waals surface area contributed by atoms with Crippen LogP contribution in [0.4, 0.5) is 5.69 Å². The molecular formula is C11H15BrN2O. The van der Waals surface area contributed by atoms with E-state index in [0.717, 1.165) is 23.0 Å². The van der Waals surface area contributed by atoms with Crippen LogP contribution >= 0.6 is 15.9 Å². The van der Waals surface area contributed by atoms with Crippen LogP contribution in [0.3, 0.4) is 0 Å². The molecule has 4 heteroatoms. The van der Waals surface area contributed by atoms with Crippen molar-refractivity contribution in [2.45, 2.75) is 25.3 Å². The van der Waals surface area contributed by atoms with E-state index in [9.17, 15) is 5.11 Å². The summed E-state index contributed by atoms with van der Waals surface area (Å²) in [6, 6.07) is 2.41. The Kier molecular flexibility index (Phi) is 3.59. The van der Waals surface area contributed by atoms with Gasteiger partial charge in [0.1, 0.15) is 0 Å². The van der Waals surface area contributed by atoms with Crippen LogP contribution in [0.5, 0.6) is 0 Å². The summed E-state index contributed by atoms with van der Waals surface area (Å²) in [6.45, 7) is 0.277. The summed E-state index contributed by atoms with van der Waals surface area (Å²) < 4.78 is 0.978. The molecule has 2 N–H and O–H groups in total. The molecule has 15 heavy (non-hydrogen) atoms. The fourth-order valence-corrected chi connectivity index (χ4v) is 2.52. The smallest absolute Gasteiger partial charge is 0.0540 e. The first-order chi connectivity index (χ1) is 7.29. The van der Waals surface area contributed by atoms with Crippen LogP contribution in [-0.2, 0) is 0 Å². The number of nitrogens with zero attached hydrogens (tertiary/aromatic N) is 1. The van der Waals surface area contributed by atoms with Crippen molar-refractivity contribution in [3.63, 3.8) is 0 Å². The Hall–Kier alpha value is -0.610. The van der Waals surface area contributed by atoms with Crippen molar-refractivity contribution in [2.75, 3.05) is 11.9 Å². The summed E-state index contributed by atoms with van der Waals surface area (Å²) in [5, 5.41) is 12.6. The maximum absolute atomic E-state index is 9.20. The van der Waals surface area contributed by atoms with Crippen molar-refractivity contribution in [3.05, 3.63) is 22.9 Å². The normalized spacial score (nSPS) is 25.5. The van der Waals surface area contributed by atoms with E-state index in [1.807, 2.05) is 12.3 Å². The zero-order chi connectivity index (χ0) is 10.7. The van der Waals surface area contributed by atoms with Crippen molar-refractivity contribution in [1.29, 1.82) is 0 Å². The molecule has 2 atom stereocenters. The van der Waals surface area contributed by atoms with Crippen molar-refractivity contribution in [1.82, 2.24) is 4.98 Å². The van der Waals surface area contributed by atoms with E-state index in [-0.39, 0.29) is 6.61 Å². The number of aromatic nitrogens is 1. The predicted molar refractivity (Wildman–Crippen MR) is 63.8 cm³/mol. The van der Waals surface area contributed by atoms with E-state index in [2.05, 4.69) is 26.2 Å². The molecule has 0 bridgehead atoms. The molecule has 82 valence electrons. The van der Waals surface area contributed by atoms with Crippen LogP contribution in [0, 0.1) is 5.92 Å². The lowest BCUT2D eigenvalue weighted by Gasteiger charge is -2.20. The van der Waals surface area contributed by atoms with Gasteiger partial charge in [-0.25, -0.2) is 0 Å². The Morgan fingerprint density at radius 1 is 1.47 bits per heavy atom. The average Bonchev–Trinajstić information content (AvgIpc) is 2.65. The van der Waals surface area contributed by atoms with Crippen LogP contribution in [-0.4, -0.2) is 22.7 Å². The second-order valence-electron chi connectivity index (χ2n) is 4.02. The lowest BCUT2D eigenvalue weighted by molar-refractivity contribution is 0.222. The molecule has 0 saturated heterocycles. The molecule has 0 spiro atoms. The maximum atomic E-state index is 9.20. The van der Waals surface area contributed by atoms with Gasteiger partial charge in [0, 0.05) is 29.2 Å². The Balaban J connectivity index is 2.02. The third-order valence-electron chi connectivity index (χ3n) is 2.95.